The maximum atomic E-state index is 11.6. The first-order valence-corrected chi connectivity index (χ1v) is 5.13. The van der Waals surface area contributed by atoms with Gasteiger partial charge in [-0.2, -0.15) is 0 Å². The summed E-state index contributed by atoms with van der Waals surface area (Å²) < 4.78 is 11.0. The van der Waals surface area contributed by atoms with E-state index in [0.717, 1.165) is 11.3 Å². The van der Waals surface area contributed by atoms with Gasteiger partial charge in [0.2, 0.25) is 5.79 Å². The number of Topliss-reactive ketones (excluding diaryl/α,β-unsaturated/α-hetero) is 1. The van der Waals surface area contributed by atoms with Gasteiger partial charge < -0.3 is 9.47 Å². The molecule has 1 atom stereocenters. The third-order valence-electron chi connectivity index (χ3n) is 2.78. The highest BCUT2D eigenvalue weighted by Gasteiger charge is 2.37. The van der Waals surface area contributed by atoms with E-state index in [9.17, 15) is 4.79 Å². The molecule has 0 aliphatic carbocycles. The third kappa shape index (κ3) is 1.63. The Labute approximate surface area is 94.7 Å². The second-order valence-corrected chi connectivity index (χ2v) is 3.90. The number of carbonyl (C=O) groups excluding carboxylic acids is 1. The van der Waals surface area contributed by atoms with Crippen LogP contribution in [-0.2, 0) is 9.53 Å². The molecule has 1 aliphatic rings. The van der Waals surface area contributed by atoms with Gasteiger partial charge in [-0.05, 0) is 19.1 Å². The number of fused-ring (bicyclic) bond motifs is 1. The van der Waals surface area contributed by atoms with E-state index in [2.05, 4.69) is 0 Å². The van der Waals surface area contributed by atoms with Gasteiger partial charge in [0, 0.05) is 19.6 Å². The first kappa shape index (κ1) is 10.9. The minimum absolute atomic E-state index is 0.0427. The third-order valence-corrected chi connectivity index (χ3v) is 2.78. The molecule has 0 aromatic heterocycles. The highest BCUT2D eigenvalue weighted by Crippen LogP contribution is 2.36. The van der Waals surface area contributed by atoms with Crippen LogP contribution < -0.4 is 4.74 Å². The Kier molecular flexibility index (Phi) is 2.56. The van der Waals surface area contributed by atoms with Gasteiger partial charge in [0.25, 0.3) is 0 Å². The molecule has 1 unspecified atom stereocenters. The smallest absolute Gasteiger partial charge is 0.237 e. The fraction of sp³-hybridized carbons (Fsp3) is 0.308. The molecule has 84 valence electrons. The lowest BCUT2D eigenvalue weighted by Crippen LogP contribution is -2.41. The van der Waals surface area contributed by atoms with Crippen molar-refractivity contribution in [1.82, 2.24) is 0 Å². The molecule has 16 heavy (non-hydrogen) atoms. The zero-order valence-corrected chi connectivity index (χ0v) is 9.61. The quantitative estimate of drug-likeness (QED) is 0.764. The molecule has 2 rings (SSSR count). The molecule has 0 fully saturated rings. The van der Waals surface area contributed by atoms with Crippen LogP contribution in [0.15, 0.2) is 29.8 Å². The van der Waals surface area contributed by atoms with Crippen LogP contribution in [0.3, 0.4) is 0 Å². The number of para-hydroxylation sites is 1. The Balaban J connectivity index is 2.56. The Morgan fingerprint density at radius 2 is 2.06 bits per heavy atom. The van der Waals surface area contributed by atoms with Crippen LogP contribution in [0, 0.1) is 0 Å². The van der Waals surface area contributed by atoms with Gasteiger partial charge >= 0.3 is 0 Å². The summed E-state index contributed by atoms with van der Waals surface area (Å²) in [5.41, 5.74) is 1.44. The second-order valence-electron chi connectivity index (χ2n) is 3.90. The molecule has 3 heteroatoms. The van der Waals surface area contributed by atoms with Gasteiger partial charge in [0.05, 0.1) is 5.57 Å². The number of hydrogen-bond acceptors (Lipinski definition) is 3. The molecule has 1 aliphatic heterocycles. The maximum Gasteiger partial charge on any atom is 0.237 e. The van der Waals surface area contributed by atoms with Gasteiger partial charge in [-0.1, -0.05) is 18.2 Å². The van der Waals surface area contributed by atoms with Gasteiger partial charge in [-0.3, -0.25) is 4.79 Å². The first-order valence-electron chi connectivity index (χ1n) is 5.13. The summed E-state index contributed by atoms with van der Waals surface area (Å²) >= 11 is 0. The lowest BCUT2D eigenvalue weighted by molar-refractivity contribution is -0.136. The van der Waals surface area contributed by atoms with E-state index in [1.807, 2.05) is 30.3 Å². The van der Waals surface area contributed by atoms with Crippen LogP contribution in [0.4, 0.5) is 0 Å². The van der Waals surface area contributed by atoms with E-state index in [1.165, 1.54) is 14.0 Å². The fourth-order valence-corrected chi connectivity index (χ4v) is 1.82. The maximum absolute atomic E-state index is 11.6. The summed E-state index contributed by atoms with van der Waals surface area (Å²) in [6, 6.07) is 7.57. The van der Waals surface area contributed by atoms with E-state index in [4.69, 9.17) is 9.47 Å². The van der Waals surface area contributed by atoms with Gasteiger partial charge in [-0.15, -0.1) is 0 Å². The molecule has 1 aromatic carbocycles. The number of ketones is 1. The van der Waals surface area contributed by atoms with Crippen molar-refractivity contribution in [3.05, 3.63) is 35.4 Å². The van der Waals surface area contributed by atoms with Crippen LogP contribution in [0.1, 0.15) is 19.4 Å². The fourth-order valence-electron chi connectivity index (χ4n) is 1.82. The van der Waals surface area contributed by atoms with Crippen LogP contribution in [0.25, 0.3) is 6.08 Å². The number of ether oxygens (including phenoxy) is 2. The second kappa shape index (κ2) is 3.76. The SMILES string of the molecule is COC1(C)Oc2ccccc2C=C1C(C)=O. The Morgan fingerprint density at radius 3 is 2.69 bits per heavy atom. The van der Waals surface area contributed by atoms with Crippen LogP contribution in [-0.4, -0.2) is 18.7 Å². The molecule has 0 bridgehead atoms. The van der Waals surface area contributed by atoms with Crippen molar-refractivity contribution in [2.45, 2.75) is 19.6 Å². The van der Waals surface area contributed by atoms with Gasteiger partial charge in [0.1, 0.15) is 5.75 Å². The Bertz CT molecular complexity index is 462. The van der Waals surface area contributed by atoms with Crippen molar-refractivity contribution in [2.24, 2.45) is 0 Å². The van der Waals surface area contributed by atoms with Crippen molar-refractivity contribution >= 4 is 11.9 Å². The number of rotatable bonds is 2. The van der Waals surface area contributed by atoms with Crippen molar-refractivity contribution in [3.8, 4) is 5.75 Å². The number of methoxy groups -OCH3 is 1. The van der Waals surface area contributed by atoms with Crippen LogP contribution >= 0.6 is 0 Å². The number of carbonyl (C=O) groups is 1. The van der Waals surface area contributed by atoms with Gasteiger partial charge in [-0.25, -0.2) is 0 Å². The molecule has 0 spiro atoms. The van der Waals surface area contributed by atoms with E-state index < -0.39 is 5.79 Å². The molecular formula is C13H14O3. The van der Waals surface area contributed by atoms with Crippen molar-refractivity contribution in [3.63, 3.8) is 0 Å². The molecule has 0 N–H and O–H groups in total. The van der Waals surface area contributed by atoms with Crippen molar-refractivity contribution < 1.29 is 14.3 Å². The summed E-state index contributed by atoms with van der Waals surface area (Å²) in [7, 11) is 1.53. The first-order chi connectivity index (χ1) is 7.57. The lowest BCUT2D eigenvalue weighted by atomic mass is 9.97. The zero-order valence-electron chi connectivity index (χ0n) is 9.61. The Hall–Kier alpha value is -1.61. The lowest BCUT2D eigenvalue weighted by Gasteiger charge is -2.34. The molecule has 0 saturated heterocycles. The summed E-state index contributed by atoms with van der Waals surface area (Å²) in [6.07, 6.45) is 1.82. The predicted octanol–water partition coefficient (Wildman–Crippen LogP) is 2.41. The van der Waals surface area contributed by atoms with E-state index in [0.29, 0.717) is 5.57 Å². The molecule has 0 radical (unpaired) electrons. The molecule has 0 amide bonds. The highest BCUT2D eigenvalue weighted by atomic mass is 16.7. The van der Waals surface area contributed by atoms with Crippen LogP contribution in [0.5, 0.6) is 5.75 Å². The summed E-state index contributed by atoms with van der Waals surface area (Å²) in [6.45, 7) is 3.26. The summed E-state index contributed by atoms with van der Waals surface area (Å²) in [5, 5.41) is 0. The monoisotopic (exact) mass is 218 g/mol. The number of hydrogen-bond donors (Lipinski definition) is 0. The standard InChI is InChI=1S/C13H14O3/c1-9(14)11-8-10-6-4-5-7-12(10)16-13(11,2)15-3/h4-8H,1-3H3. The summed E-state index contributed by atoms with van der Waals surface area (Å²) in [4.78, 5) is 11.6. The molecule has 1 aromatic rings. The van der Waals surface area contributed by atoms with Crippen LogP contribution in [0.2, 0.25) is 0 Å². The average Bonchev–Trinajstić information content (AvgIpc) is 2.27. The van der Waals surface area contributed by atoms with E-state index >= 15 is 0 Å². The topological polar surface area (TPSA) is 35.5 Å². The average molecular weight is 218 g/mol. The normalized spacial score (nSPS) is 23.1. The molecule has 1 heterocycles. The molecule has 3 nitrogen and oxygen atoms in total. The minimum Gasteiger partial charge on any atom is -0.458 e. The summed E-state index contributed by atoms with van der Waals surface area (Å²) in [5.74, 6) is -0.295. The van der Waals surface area contributed by atoms with Gasteiger partial charge in [0.15, 0.2) is 5.78 Å². The Morgan fingerprint density at radius 1 is 1.38 bits per heavy atom. The number of benzene rings is 1. The molecule has 0 saturated carbocycles. The minimum atomic E-state index is -0.986. The van der Waals surface area contributed by atoms with E-state index in [-0.39, 0.29) is 5.78 Å². The predicted molar refractivity (Wildman–Crippen MR) is 61.1 cm³/mol. The van der Waals surface area contributed by atoms with Crippen molar-refractivity contribution in [1.29, 1.82) is 0 Å². The van der Waals surface area contributed by atoms with E-state index in [1.54, 1.807) is 6.92 Å². The zero-order chi connectivity index (χ0) is 11.8. The largest absolute Gasteiger partial charge is 0.458 e. The highest BCUT2D eigenvalue weighted by molar-refractivity contribution is 6.00. The van der Waals surface area contributed by atoms with Crippen molar-refractivity contribution in [2.75, 3.05) is 7.11 Å². The molecular weight excluding hydrogens is 204 g/mol.